The third kappa shape index (κ3) is 7.66. The lowest BCUT2D eigenvalue weighted by atomic mass is 9.63. The molecule has 2 fully saturated rings. The topological polar surface area (TPSA) is 84.0 Å². The summed E-state index contributed by atoms with van der Waals surface area (Å²) in [4.78, 5) is 5.25. The molecule has 0 bridgehead atoms. The predicted molar refractivity (Wildman–Crippen MR) is 280 cm³/mol. The number of anilines is 5. The minimum absolute atomic E-state index is 0.0978. The zero-order valence-corrected chi connectivity index (χ0v) is 41.3. The molecule has 3 heterocycles. The zero-order valence-electron chi connectivity index (χ0n) is 39.6. The fourth-order valence-electron chi connectivity index (χ4n) is 13.2. The van der Waals surface area contributed by atoms with Crippen LogP contribution in [0.4, 0.5) is 28.4 Å². The van der Waals surface area contributed by atoms with Gasteiger partial charge in [-0.3, -0.25) is 0 Å². The van der Waals surface area contributed by atoms with E-state index in [1.165, 1.54) is 24.0 Å². The van der Waals surface area contributed by atoms with Crippen LogP contribution in [0, 0.1) is 5.92 Å². The number of hydrogen-bond acceptors (Lipinski definition) is 7. The smallest absolute Gasteiger partial charge is 0.208 e. The number of rotatable bonds is 7. The highest BCUT2D eigenvalue weighted by Crippen LogP contribution is 2.62. The average Bonchev–Trinajstić information content (AvgIpc) is 3.60. The Hall–Kier alpha value is -6.16. The number of benzene rings is 7. The molecule has 5 aliphatic rings. The molecule has 0 N–H and O–H groups in total. The molecule has 7 aromatic rings. The first-order chi connectivity index (χ1) is 34.2. The zero-order chi connectivity index (χ0) is 47.5. The van der Waals surface area contributed by atoms with Crippen molar-refractivity contribution in [1.29, 1.82) is 0 Å². The van der Waals surface area contributed by atoms with Crippen LogP contribution in [0.2, 0.25) is 0 Å². The molecular formula is C61H60N2O5S2. The SMILES string of the molecule is O=S(=O)(c1ccccc1)c1cc2c(cc1N1c3ccccc3CCc3ccccc31)OC1(C3CCCCCCCC3)CC(N3c4ccccc4CCc4ccccc43)C(S(=O)(=O)c3ccccc3)CC21. The average molecular weight is 965 g/mol. The summed E-state index contributed by atoms with van der Waals surface area (Å²) in [6.07, 6.45) is 12.7. The van der Waals surface area contributed by atoms with Gasteiger partial charge >= 0.3 is 0 Å². The van der Waals surface area contributed by atoms with Crippen LogP contribution < -0.4 is 14.5 Å². The predicted octanol–water partition coefficient (Wildman–Crippen LogP) is 14.0. The van der Waals surface area contributed by atoms with Crippen LogP contribution in [-0.4, -0.2) is 33.7 Å². The van der Waals surface area contributed by atoms with Gasteiger partial charge in [-0.15, -0.1) is 0 Å². The number of nitrogens with zero attached hydrogens (tertiary/aromatic N) is 2. The van der Waals surface area contributed by atoms with Gasteiger partial charge in [-0.25, -0.2) is 16.8 Å². The van der Waals surface area contributed by atoms with E-state index in [9.17, 15) is 0 Å². The lowest BCUT2D eigenvalue weighted by Gasteiger charge is -2.52. The van der Waals surface area contributed by atoms with Gasteiger partial charge in [-0.2, -0.15) is 0 Å². The third-order valence-electron chi connectivity index (χ3n) is 16.5. The Bertz CT molecular complexity index is 3200. The molecule has 356 valence electrons. The summed E-state index contributed by atoms with van der Waals surface area (Å²) in [5.74, 6) is 0.341. The highest BCUT2D eigenvalue weighted by Gasteiger charge is 2.62. The number of sulfone groups is 2. The Labute approximate surface area is 414 Å². The first-order valence-corrected chi connectivity index (χ1v) is 28.6. The molecule has 0 aromatic heterocycles. The number of fused-ring (bicyclic) bond motifs is 7. The summed E-state index contributed by atoms with van der Waals surface area (Å²) in [6.45, 7) is 0. The lowest BCUT2D eigenvalue weighted by molar-refractivity contribution is -0.0332. The molecule has 4 atom stereocenters. The van der Waals surface area contributed by atoms with Crippen molar-refractivity contribution in [2.75, 3.05) is 9.80 Å². The van der Waals surface area contributed by atoms with Gasteiger partial charge < -0.3 is 14.5 Å². The van der Waals surface area contributed by atoms with Crippen molar-refractivity contribution in [1.82, 2.24) is 0 Å². The largest absolute Gasteiger partial charge is 0.486 e. The highest BCUT2D eigenvalue weighted by molar-refractivity contribution is 7.92. The van der Waals surface area contributed by atoms with Crippen LogP contribution in [0.3, 0.4) is 0 Å². The second-order valence-electron chi connectivity index (χ2n) is 20.3. The van der Waals surface area contributed by atoms with Crippen molar-refractivity contribution in [2.45, 2.75) is 127 Å². The maximum atomic E-state index is 15.8. The first-order valence-electron chi connectivity index (χ1n) is 25.6. The van der Waals surface area contributed by atoms with Gasteiger partial charge in [0.2, 0.25) is 9.84 Å². The molecule has 70 heavy (non-hydrogen) atoms. The molecule has 0 spiro atoms. The standard InChI is InChI=1S/C61H60N2O5S2/c64-69(65,48-27-9-5-10-28-48)59-39-50-51-40-60(70(66,67)49-29-11-6-12-30-49)57(63-54-33-19-15-23-45(54)37-38-46-24-16-20-34-55(46)63)42-61(51,47-25-7-3-1-2-4-8-26-47)68-58(50)41-56(59)62-52-31-17-13-21-43(52)35-36-44-22-14-18-32-53(44)62/h5-6,9-24,27-34,39,41,47,51,57,60H,1-4,7-8,25-26,35-38,40,42H2. The maximum Gasteiger partial charge on any atom is 0.208 e. The van der Waals surface area contributed by atoms with Crippen LogP contribution >= 0.6 is 0 Å². The van der Waals surface area contributed by atoms with Gasteiger partial charge in [0.1, 0.15) is 11.4 Å². The summed E-state index contributed by atoms with van der Waals surface area (Å²) in [7, 11) is -8.16. The Kier molecular flexibility index (Phi) is 11.7. The van der Waals surface area contributed by atoms with E-state index in [-0.39, 0.29) is 22.1 Å². The molecule has 2 saturated carbocycles. The second kappa shape index (κ2) is 18.2. The summed E-state index contributed by atoms with van der Waals surface area (Å²) in [5.41, 5.74) is 9.11. The lowest BCUT2D eigenvalue weighted by Crippen LogP contribution is -2.60. The second-order valence-corrected chi connectivity index (χ2v) is 24.4. The van der Waals surface area contributed by atoms with E-state index in [1.807, 2.05) is 48.5 Å². The quantitative estimate of drug-likeness (QED) is 0.157. The van der Waals surface area contributed by atoms with E-state index in [0.29, 0.717) is 22.8 Å². The fourth-order valence-corrected chi connectivity index (χ4v) is 16.6. The van der Waals surface area contributed by atoms with Gasteiger partial charge in [0.25, 0.3) is 0 Å². The van der Waals surface area contributed by atoms with Crippen LogP contribution in [0.15, 0.2) is 185 Å². The van der Waals surface area contributed by atoms with Gasteiger partial charge in [0, 0.05) is 46.7 Å². The minimum atomic E-state index is -4.16. The Morgan fingerprint density at radius 3 is 1.49 bits per heavy atom. The third-order valence-corrected chi connectivity index (χ3v) is 20.5. The van der Waals surface area contributed by atoms with E-state index in [4.69, 9.17) is 4.74 Å². The van der Waals surface area contributed by atoms with E-state index in [1.54, 1.807) is 36.4 Å². The molecule has 7 nitrogen and oxygen atoms in total. The summed E-state index contributed by atoms with van der Waals surface area (Å²) >= 11 is 0. The van der Waals surface area contributed by atoms with Crippen molar-refractivity contribution < 1.29 is 21.6 Å². The van der Waals surface area contributed by atoms with Gasteiger partial charge in [0.05, 0.1) is 31.7 Å². The number of para-hydroxylation sites is 4. The summed E-state index contributed by atoms with van der Waals surface area (Å²) < 4.78 is 70.9. The molecule has 4 unspecified atom stereocenters. The Balaban J connectivity index is 1.12. The van der Waals surface area contributed by atoms with Gasteiger partial charge in [-0.05, 0) is 128 Å². The molecular weight excluding hydrogens is 905 g/mol. The normalized spacial score (nSPS) is 22.5. The van der Waals surface area contributed by atoms with Crippen molar-refractivity contribution in [3.8, 4) is 5.75 Å². The number of ether oxygens (including phenoxy) is 1. The van der Waals surface area contributed by atoms with Crippen molar-refractivity contribution in [3.05, 3.63) is 198 Å². The number of aryl methyl sites for hydroxylation is 4. The van der Waals surface area contributed by atoms with Crippen LogP contribution in [0.1, 0.15) is 97.9 Å². The summed E-state index contributed by atoms with van der Waals surface area (Å²) in [5, 5.41) is -0.865. The fraction of sp³-hybridized carbons (Fsp3) is 0.311. The number of hydrogen-bond donors (Lipinski definition) is 0. The first kappa shape index (κ1) is 45.0. The summed E-state index contributed by atoms with van der Waals surface area (Å²) in [6, 6.07) is 54.9. The molecule has 0 radical (unpaired) electrons. The van der Waals surface area contributed by atoms with E-state index >= 15 is 16.8 Å². The van der Waals surface area contributed by atoms with Crippen LogP contribution in [0.5, 0.6) is 5.75 Å². The molecule has 7 aromatic carbocycles. The van der Waals surface area contributed by atoms with Gasteiger partial charge in [-0.1, -0.05) is 148 Å². The molecule has 12 rings (SSSR count). The van der Waals surface area contributed by atoms with E-state index in [2.05, 4.69) is 94.7 Å². The van der Waals surface area contributed by atoms with E-state index in [0.717, 1.165) is 104 Å². The van der Waals surface area contributed by atoms with Crippen molar-refractivity contribution >= 4 is 48.1 Å². The Morgan fingerprint density at radius 2 is 0.943 bits per heavy atom. The molecule has 2 aliphatic carbocycles. The molecule has 0 amide bonds. The Morgan fingerprint density at radius 1 is 0.486 bits per heavy atom. The monoisotopic (exact) mass is 964 g/mol. The molecule has 3 aliphatic heterocycles. The van der Waals surface area contributed by atoms with Gasteiger partial charge in [0.15, 0.2) is 9.84 Å². The van der Waals surface area contributed by atoms with Crippen LogP contribution in [0.25, 0.3) is 0 Å². The molecule has 0 saturated heterocycles. The highest BCUT2D eigenvalue weighted by atomic mass is 32.2. The minimum Gasteiger partial charge on any atom is -0.486 e. The van der Waals surface area contributed by atoms with Crippen molar-refractivity contribution in [3.63, 3.8) is 0 Å². The van der Waals surface area contributed by atoms with E-state index < -0.39 is 42.5 Å². The van der Waals surface area contributed by atoms with Crippen LogP contribution in [-0.2, 0) is 45.4 Å². The molecule has 9 heteroatoms. The maximum absolute atomic E-state index is 15.8. The van der Waals surface area contributed by atoms with Crippen molar-refractivity contribution in [2.24, 2.45) is 5.92 Å².